The van der Waals surface area contributed by atoms with Crippen LogP contribution in [0.25, 0.3) is 0 Å². The summed E-state index contributed by atoms with van der Waals surface area (Å²) < 4.78 is 1.60. The van der Waals surface area contributed by atoms with E-state index in [2.05, 4.69) is 20.8 Å². The van der Waals surface area contributed by atoms with Crippen LogP contribution in [-0.2, 0) is 18.3 Å². The van der Waals surface area contributed by atoms with Crippen LogP contribution in [0.2, 0.25) is 5.02 Å². The molecule has 0 bridgehead atoms. The summed E-state index contributed by atoms with van der Waals surface area (Å²) in [6, 6.07) is 5.97. The molecule has 0 radical (unpaired) electrons. The molecule has 3 rings (SSSR count). The number of amides is 1. The molecule has 0 fully saturated rings. The molecule has 1 aliphatic carbocycles. The SMILES string of the molecule is Cn1nnnc1SCCC(=O)N[C@@H]1CCc2cc(Cl)ccc21. The fraction of sp³-hybridized carbons (Fsp3) is 0.429. The summed E-state index contributed by atoms with van der Waals surface area (Å²) in [7, 11) is 1.78. The summed E-state index contributed by atoms with van der Waals surface area (Å²) in [5.41, 5.74) is 2.42. The van der Waals surface area contributed by atoms with Crippen molar-refractivity contribution in [1.82, 2.24) is 25.5 Å². The van der Waals surface area contributed by atoms with Crippen molar-refractivity contribution >= 4 is 29.3 Å². The Morgan fingerprint density at radius 3 is 3.18 bits per heavy atom. The molecule has 1 atom stereocenters. The molecule has 1 aromatic heterocycles. The third-order valence-electron chi connectivity index (χ3n) is 3.66. The molecule has 0 spiro atoms. The average molecular weight is 338 g/mol. The van der Waals surface area contributed by atoms with Gasteiger partial charge in [-0.05, 0) is 46.5 Å². The smallest absolute Gasteiger partial charge is 0.221 e. The van der Waals surface area contributed by atoms with Crippen molar-refractivity contribution in [2.45, 2.75) is 30.5 Å². The van der Waals surface area contributed by atoms with E-state index in [0.29, 0.717) is 17.3 Å². The highest BCUT2D eigenvalue weighted by Gasteiger charge is 2.23. The van der Waals surface area contributed by atoms with E-state index < -0.39 is 0 Å². The van der Waals surface area contributed by atoms with Gasteiger partial charge in [0.25, 0.3) is 0 Å². The zero-order chi connectivity index (χ0) is 15.5. The summed E-state index contributed by atoms with van der Waals surface area (Å²) in [6.45, 7) is 0. The van der Waals surface area contributed by atoms with Crippen LogP contribution < -0.4 is 5.32 Å². The highest BCUT2D eigenvalue weighted by atomic mass is 35.5. The van der Waals surface area contributed by atoms with Gasteiger partial charge in [-0.25, -0.2) is 4.68 Å². The Labute approximate surface area is 137 Å². The van der Waals surface area contributed by atoms with Crippen molar-refractivity contribution in [2.24, 2.45) is 7.05 Å². The fourth-order valence-electron chi connectivity index (χ4n) is 2.58. The number of carbonyl (C=O) groups excluding carboxylic acids is 1. The van der Waals surface area contributed by atoms with Crippen LogP contribution in [0.15, 0.2) is 23.4 Å². The van der Waals surface area contributed by atoms with E-state index >= 15 is 0 Å². The second-order valence-electron chi connectivity index (χ2n) is 5.19. The minimum Gasteiger partial charge on any atom is -0.349 e. The summed E-state index contributed by atoms with van der Waals surface area (Å²) in [5, 5.41) is 15.8. The molecule has 0 saturated carbocycles. The van der Waals surface area contributed by atoms with Gasteiger partial charge in [0.2, 0.25) is 11.1 Å². The van der Waals surface area contributed by atoms with Gasteiger partial charge in [0.15, 0.2) is 0 Å². The minimum absolute atomic E-state index is 0.0513. The monoisotopic (exact) mass is 337 g/mol. The third-order valence-corrected chi connectivity index (χ3v) is 4.91. The first-order valence-corrected chi connectivity index (χ1v) is 8.42. The van der Waals surface area contributed by atoms with Crippen molar-refractivity contribution in [3.8, 4) is 0 Å². The molecule has 0 aliphatic heterocycles. The number of hydrogen-bond acceptors (Lipinski definition) is 5. The number of fused-ring (bicyclic) bond motifs is 1. The van der Waals surface area contributed by atoms with E-state index in [1.807, 2.05) is 18.2 Å². The second kappa shape index (κ2) is 6.66. The van der Waals surface area contributed by atoms with E-state index in [0.717, 1.165) is 17.9 Å². The van der Waals surface area contributed by atoms with Gasteiger partial charge >= 0.3 is 0 Å². The molecular formula is C14H16ClN5OS. The van der Waals surface area contributed by atoms with Gasteiger partial charge in [-0.1, -0.05) is 29.4 Å². The molecule has 1 amide bonds. The van der Waals surface area contributed by atoms with Crippen molar-refractivity contribution < 1.29 is 4.79 Å². The van der Waals surface area contributed by atoms with Crippen LogP contribution in [0.1, 0.15) is 30.0 Å². The summed E-state index contributed by atoms with van der Waals surface area (Å²) >= 11 is 7.47. The van der Waals surface area contributed by atoms with Crippen molar-refractivity contribution in [2.75, 3.05) is 5.75 Å². The fourth-order valence-corrected chi connectivity index (χ4v) is 3.56. The van der Waals surface area contributed by atoms with Crippen LogP contribution in [0.5, 0.6) is 0 Å². The average Bonchev–Trinajstić information content (AvgIpc) is 3.06. The number of carbonyl (C=O) groups is 1. The maximum Gasteiger partial charge on any atom is 0.221 e. The molecule has 116 valence electrons. The van der Waals surface area contributed by atoms with E-state index in [-0.39, 0.29) is 11.9 Å². The first kappa shape index (κ1) is 15.3. The molecule has 2 aromatic rings. The number of tetrazole rings is 1. The van der Waals surface area contributed by atoms with E-state index in [9.17, 15) is 4.79 Å². The number of nitrogens with one attached hydrogen (secondary N) is 1. The van der Waals surface area contributed by atoms with Gasteiger partial charge in [-0.2, -0.15) is 0 Å². The van der Waals surface area contributed by atoms with Crippen molar-refractivity contribution in [1.29, 1.82) is 0 Å². The molecule has 1 N–H and O–H groups in total. The van der Waals surface area contributed by atoms with E-state index in [4.69, 9.17) is 11.6 Å². The normalized spacial score (nSPS) is 16.5. The molecule has 22 heavy (non-hydrogen) atoms. The minimum atomic E-state index is 0.0513. The maximum atomic E-state index is 12.1. The van der Waals surface area contributed by atoms with Gasteiger partial charge in [-0.3, -0.25) is 4.79 Å². The molecule has 1 aliphatic rings. The zero-order valence-electron chi connectivity index (χ0n) is 12.1. The molecule has 6 nitrogen and oxygen atoms in total. The molecule has 8 heteroatoms. The lowest BCUT2D eigenvalue weighted by Crippen LogP contribution is -2.27. The first-order valence-electron chi connectivity index (χ1n) is 7.06. The number of halogens is 1. The highest BCUT2D eigenvalue weighted by molar-refractivity contribution is 7.99. The molecule has 0 unspecified atom stereocenters. The number of aromatic nitrogens is 4. The Kier molecular flexibility index (Phi) is 4.63. The molecule has 0 saturated heterocycles. The summed E-state index contributed by atoms with van der Waals surface area (Å²) in [4.78, 5) is 12.1. The van der Waals surface area contributed by atoms with Crippen molar-refractivity contribution in [3.05, 3.63) is 34.3 Å². The van der Waals surface area contributed by atoms with Gasteiger partial charge in [0.1, 0.15) is 0 Å². The maximum absolute atomic E-state index is 12.1. The first-order chi connectivity index (χ1) is 10.6. The quantitative estimate of drug-likeness (QED) is 0.846. The second-order valence-corrected chi connectivity index (χ2v) is 6.68. The van der Waals surface area contributed by atoms with Gasteiger partial charge in [0.05, 0.1) is 6.04 Å². The lowest BCUT2D eigenvalue weighted by atomic mass is 10.1. The Morgan fingerprint density at radius 1 is 1.55 bits per heavy atom. The van der Waals surface area contributed by atoms with Gasteiger partial charge in [0, 0.05) is 24.2 Å². The number of hydrogen-bond donors (Lipinski definition) is 1. The van der Waals surface area contributed by atoms with Crippen molar-refractivity contribution in [3.63, 3.8) is 0 Å². The highest BCUT2D eigenvalue weighted by Crippen LogP contribution is 2.32. The summed E-state index contributed by atoms with van der Waals surface area (Å²) in [5.74, 6) is 0.704. The molecule has 1 aromatic carbocycles. The van der Waals surface area contributed by atoms with Gasteiger partial charge < -0.3 is 5.32 Å². The predicted octanol–water partition coefficient (Wildman–Crippen LogP) is 2.15. The zero-order valence-corrected chi connectivity index (χ0v) is 13.7. The van der Waals surface area contributed by atoms with E-state index in [1.54, 1.807) is 11.7 Å². The van der Waals surface area contributed by atoms with Crippen LogP contribution in [0.3, 0.4) is 0 Å². The largest absolute Gasteiger partial charge is 0.349 e. The Hall–Kier alpha value is -1.60. The number of thioether (sulfide) groups is 1. The Balaban J connectivity index is 1.50. The van der Waals surface area contributed by atoms with Crippen LogP contribution >= 0.6 is 23.4 Å². The van der Waals surface area contributed by atoms with E-state index in [1.165, 1.54) is 22.9 Å². The van der Waals surface area contributed by atoms with Crippen LogP contribution in [-0.4, -0.2) is 31.9 Å². The number of nitrogens with zero attached hydrogens (tertiary/aromatic N) is 4. The number of benzene rings is 1. The summed E-state index contributed by atoms with van der Waals surface area (Å²) in [6.07, 6.45) is 2.33. The van der Waals surface area contributed by atoms with Crippen LogP contribution in [0.4, 0.5) is 0 Å². The third kappa shape index (κ3) is 3.41. The number of rotatable bonds is 5. The van der Waals surface area contributed by atoms with Gasteiger partial charge in [-0.15, -0.1) is 5.10 Å². The Morgan fingerprint density at radius 2 is 2.41 bits per heavy atom. The Bertz CT molecular complexity index is 690. The molecular weight excluding hydrogens is 322 g/mol. The standard InChI is InChI=1S/C14H16ClN5OS/c1-20-14(17-18-19-20)22-7-6-13(21)16-12-5-2-9-8-10(15)3-4-11(9)12/h3-4,8,12H,2,5-7H2,1H3,(H,16,21)/t12-/m1/s1. The lowest BCUT2D eigenvalue weighted by Gasteiger charge is -2.14. The topological polar surface area (TPSA) is 72.7 Å². The van der Waals surface area contributed by atoms with Crippen LogP contribution in [0, 0.1) is 0 Å². The lowest BCUT2D eigenvalue weighted by molar-refractivity contribution is -0.121. The number of aryl methyl sites for hydroxylation is 2. The predicted molar refractivity (Wildman–Crippen MR) is 84.8 cm³/mol. The molecule has 1 heterocycles.